The van der Waals surface area contributed by atoms with E-state index in [2.05, 4.69) is 4.90 Å². The van der Waals surface area contributed by atoms with E-state index in [4.69, 9.17) is 20.8 Å². The van der Waals surface area contributed by atoms with Crippen molar-refractivity contribution in [3.63, 3.8) is 0 Å². The number of rotatable bonds is 11. The maximum absolute atomic E-state index is 13.6. The number of benzene rings is 1. The van der Waals surface area contributed by atoms with E-state index in [0.29, 0.717) is 32.1 Å². The fraction of sp³-hybridized carbons (Fsp3) is 0.538. The first kappa shape index (κ1) is 27.2. The van der Waals surface area contributed by atoms with Gasteiger partial charge in [0.25, 0.3) is 0 Å². The van der Waals surface area contributed by atoms with Crippen LogP contribution in [0.1, 0.15) is 30.9 Å². The predicted molar refractivity (Wildman–Crippen MR) is 132 cm³/mol. The molecule has 1 aromatic heterocycles. The maximum Gasteiger partial charge on any atom is 0.242 e. The molecule has 0 bridgehead atoms. The van der Waals surface area contributed by atoms with Crippen molar-refractivity contribution in [2.24, 2.45) is 5.41 Å². The molecule has 7 nitrogen and oxygen atoms in total. The highest BCUT2D eigenvalue weighted by Gasteiger charge is 2.33. The number of nitrogens with zero attached hydrogens (tertiary/aromatic N) is 3. The zero-order chi connectivity index (χ0) is 25.4. The Hall–Kier alpha value is -2.42. The number of aryl methyl sites for hydroxylation is 1. The Bertz CT molecular complexity index is 973. The summed E-state index contributed by atoms with van der Waals surface area (Å²) in [6, 6.07) is 9.73. The molecule has 2 heterocycles. The molecule has 1 fully saturated rings. The number of carbonyl (C=O) groups is 2. The van der Waals surface area contributed by atoms with E-state index in [0.717, 1.165) is 24.4 Å². The SMILES string of the molecule is Cc1ccc(CN(Cc2ccc(F)cc2)C(=O)CN(CCN2CCOCC2)C(=O)C(C)(C)CCl)o1. The maximum atomic E-state index is 13.6. The number of hydrogen-bond acceptors (Lipinski definition) is 5. The normalized spacial score (nSPS) is 14.7. The molecule has 1 aromatic carbocycles. The lowest BCUT2D eigenvalue weighted by Crippen LogP contribution is -2.50. The summed E-state index contributed by atoms with van der Waals surface area (Å²) in [7, 11) is 0. The van der Waals surface area contributed by atoms with Crippen molar-refractivity contribution >= 4 is 23.4 Å². The van der Waals surface area contributed by atoms with E-state index in [1.54, 1.807) is 35.8 Å². The molecule has 0 radical (unpaired) electrons. The summed E-state index contributed by atoms with van der Waals surface area (Å²) in [4.78, 5) is 32.4. The van der Waals surface area contributed by atoms with Gasteiger partial charge in [0.1, 0.15) is 17.3 Å². The van der Waals surface area contributed by atoms with Crippen LogP contribution in [0.15, 0.2) is 40.8 Å². The first-order valence-electron chi connectivity index (χ1n) is 11.9. The molecular weight excluding hydrogens is 473 g/mol. The van der Waals surface area contributed by atoms with Gasteiger partial charge < -0.3 is 19.0 Å². The zero-order valence-electron chi connectivity index (χ0n) is 20.8. The summed E-state index contributed by atoms with van der Waals surface area (Å²) in [6.45, 7) is 9.82. The van der Waals surface area contributed by atoms with Crippen LogP contribution in [0.3, 0.4) is 0 Å². The van der Waals surface area contributed by atoms with E-state index in [1.165, 1.54) is 12.1 Å². The Labute approximate surface area is 211 Å². The third-order valence-corrected chi connectivity index (χ3v) is 6.77. The Morgan fingerprint density at radius 3 is 2.34 bits per heavy atom. The molecule has 0 spiro atoms. The monoisotopic (exact) mass is 507 g/mol. The summed E-state index contributed by atoms with van der Waals surface area (Å²) in [5, 5.41) is 0. The van der Waals surface area contributed by atoms with Crippen LogP contribution in [0.4, 0.5) is 4.39 Å². The average molecular weight is 508 g/mol. The van der Waals surface area contributed by atoms with Crippen molar-refractivity contribution in [1.29, 1.82) is 0 Å². The van der Waals surface area contributed by atoms with Gasteiger partial charge in [0.05, 0.1) is 31.7 Å². The van der Waals surface area contributed by atoms with Crippen molar-refractivity contribution < 1.29 is 23.1 Å². The molecule has 0 unspecified atom stereocenters. The van der Waals surface area contributed by atoms with Gasteiger partial charge in [0.15, 0.2) is 0 Å². The Kier molecular flexibility index (Phi) is 9.71. The molecule has 192 valence electrons. The highest BCUT2D eigenvalue weighted by molar-refractivity contribution is 6.19. The molecule has 35 heavy (non-hydrogen) atoms. The predicted octanol–water partition coefficient (Wildman–Crippen LogP) is 3.68. The number of furan rings is 1. The minimum atomic E-state index is -0.799. The van der Waals surface area contributed by atoms with Gasteiger partial charge in [-0.1, -0.05) is 12.1 Å². The van der Waals surface area contributed by atoms with Crippen molar-refractivity contribution in [1.82, 2.24) is 14.7 Å². The number of ether oxygens (including phenoxy) is 1. The topological polar surface area (TPSA) is 66.2 Å². The molecule has 0 atom stereocenters. The van der Waals surface area contributed by atoms with Gasteiger partial charge in [0.2, 0.25) is 11.8 Å². The molecule has 1 saturated heterocycles. The number of carbonyl (C=O) groups excluding carboxylic acids is 2. The Morgan fingerprint density at radius 1 is 1.06 bits per heavy atom. The van der Waals surface area contributed by atoms with E-state index in [-0.39, 0.29) is 43.1 Å². The second-order valence-electron chi connectivity index (χ2n) is 9.59. The average Bonchev–Trinajstić information content (AvgIpc) is 3.27. The number of amides is 2. The van der Waals surface area contributed by atoms with Gasteiger partial charge in [-0.2, -0.15) is 0 Å². The molecule has 9 heteroatoms. The van der Waals surface area contributed by atoms with Crippen LogP contribution in [0.25, 0.3) is 0 Å². The second kappa shape index (κ2) is 12.5. The molecule has 2 amide bonds. The molecule has 0 saturated carbocycles. The first-order valence-corrected chi connectivity index (χ1v) is 12.4. The van der Waals surface area contributed by atoms with Crippen LogP contribution >= 0.6 is 11.6 Å². The molecule has 2 aromatic rings. The first-order chi connectivity index (χ1) is 16.7. The largest absolute Gasteiger partial charge is 0.464 e. The quantitative estimate of drug-likeness (QED) is 0.434. The van der Waals surface area contributed by atoms with Crippen LogP contribution in [0, 0.1) is 18.2 Å². The van der Waals surface area contributed by atoms with Gasteiger partial charge in [-0.15, -0.1) is 11.6 Å². The molecule has 3 rings (SSSR count). The highest BCUT2D eigenvalue weighted by atomic mass is 35.5. The lowest BCUT2D eigenvalue weighted by atomic mass is 9.94. The number of halogens is 2. The van der Waals surface area contributed by atoms with Crippen molar-refractivity contribution in [3.8, 4) is 0 Å². The van der Waals surface area contributed by atoms with E-state index in [1.807, 2.05) is 19.1 Å². The minimum Gasteiger partial charge on any atom is -0.464 e. The standard InChI is InChI=1S/C26H35ClFN3O4/c1-20-4-9-23(35-20)17-31(16-21-5-7-22(28)8-6-21)24(32)18-30(25(33)26(2,3)19-27)11-10-29-12-14-34-15-13-29/h4-9H,10-19H2,1-3H3. The molecule has 0 aliphatic carbocycles. The number of alkyl halides is 1. The van der Waals surface area contributed by atoms with Crippen molar-refractivity contribution in [2.75, 3.05) is 51.8 Å². The van der Waals surface area contributed by atoms with E-state index < -0.39 is 5.41 Å². The Balaban J connectivity index is 1.77. The molecule has 0 N–H and O–H groups in total. The van der Waals surface area contributed by atoms with Gasteiger partial charge in [0, 0.05) is 38.6 Å². The van der Waals surface area contributed by atoms with Crippen LogP contribution in [0.2, 0.25) is 0 Å². The zero-order valence-corrected chi connectivity index (χ0v) is 21.5. The molecule has 1 aliphatic heterocycles. The smallest absolute Gasteiger partial charge is 0.242 e. The fourth-order valence-corrected chi connectivity index (χ4v) is 4.00. The van der Waals surface area contributed by atoms with Crippen LogP contribution in [-0.4, -0.2) is 78.3 Å². The Morgan fingerprint density at radius 2 is 1.74 bits per heavy atom. The lowest BCUT2D eigenvalue weighted by Gasteiger charge is -2.34. The summed E-state index contributed by atoms with van der Waals surface area (Å²) >= 11 is 6.10. The minimum absolute atomic E-state index is 0.0790. The summed E-state index contributed by atoms with van der Waals surface area (Å²) < 4.78 is 24.5. The fourth-order valence-electron chi connectivity index (χ4n) is 3.89. The van der Waals surface area contributed by atoms with Crippen LogP contribution in [-0.2, 0) is 27.4 Å². The highest BCUT2D eigenvalue weighted by Crippen LogP contribution is 2.22. The van der Waals surface area contributed by atoms with Crippen LogP contribution < -0.4 is 0 Å². The number of morpholine rings is 1. The van der Waals surface area contributed by atoms with Crippen molar-refractivity contribution in [2.45, 2.75) is 33.9 Å². The van der Waals surface area contributed by atoms with Gasteiger partial charge >= 0.3 is 0 Å². The van der Waals surface area contributed by atoms with Gasteiger partial charge in [-0.3, -0.25) is 14.5 Å². The van der Waals surface area contributed by atoms with E-state index >= 15 is 0 Å². The molecular formula is C26H35ClFN3O4. The summed E-state index contributed by atoms with van der Waals surface area (Å²) in [5.41, 5.74) is -0.0115. The third-order valence-electron chi connectivity index (χ3n) is 6.10. The second-order valence-corrected chi connectivity index (χ2v) is 9.85. The summed E-state index contributed by atoms with van der Waals surface area (Å²) in [5.74, 6) is 0.829. The van der Waals surface area contributed by atoms with Crippen molar-refractivity contribution in [3.05, 3.63) is 59.3 Å². The molecule has 1 aliphatic rings. The number of hydrogen-bond donors (Lipinski definition) is 0. The van der Waals surface area contributed by atoms with Gasteiger partial charge in [-0.25, -0.2) is 4.39 Å². The van der Waals surface area contributed by atoms with Crippen LogP contribution in [0.5, 0.6) is 0 Å². The third kappa shape index (κ3) is 8.05. The summed E-state index contributed by atoms with van der Waals surface area (Å²) in [6.07, 6.45) is 0. The van der Waals surface area contributed by atoms with Gasteiger partial charge in [-0.05, 0) is 50.6 Å². The van der Waals surface area contributed by atoms with E-state index in [9.17, 15) is 14.0 Å². The lowest BCUT2D eigenvalue weighted by molar-refractivity contribution is -0.146.